The van der Waals surface area contributed by atoms with Gasteiger partial charge in [0.2, 0.25) is 5.88 Å². The lowest BCUT2D eigenvalue weighted by molar-refractivity contribution is -0.141. The number of pyridine rings is 1. The van der Waals surface area contributed by atoms with Crippen LogP contribution in [-0.2, 0) is 15.7 Å². The topological polar surface area (TPSA) is 51.7 Å². The first-order valence-corrected chi connectivity index (χ1v) is 11.7. The van der Waals surface area contributed by atoms with Gasteiger partial charge in [-0.25, -0.2) is 13.8 Å². The number of hydrogen-bond donors (Lipinski definition) is 0. The SMILES string of the molecule is CC(=O)OCCC1CCN(c2c(F)cc(-c3cc(C(F)(F)F)cc(OC4CCC4)n3)cc2F)CC1. The van der Waals surface area contributed by atoms with Gasteiger partial charge in [-0.05, 0) is 62.6 Å². The second-order valence-corrected chi connectivity index (χ2v) is 9.10. The molecule has 2 fully saturated rings. The summed E-state index contributed by atoms with van der Waals surface area (Å²) >= 11 is 0. The van der Waals surface area contributed by atoms with Crippen molar-refractivity contribution in [3.63, 3.8) is 0 Å². The minimum absolute atomic E-state index is 0.0930. The van der Waals surface area contributed by atoms with Crippen molar-refractivity contribution >= 4 is 11.7 Å². The summed E-state index contributed by atoms with van der Waals surface area (Å²) in [4.78, 5) is 16.6. The minimum Gasteiger partial charge on any atom is -0.474 e. The van der Waals surface area contributed by atoms with Crippen LogP contribution in [0, 0.1) is 17.6 Å². The van der Waals surface area contributed by atoms with E-state index >= 15 is 8.78 Å². The fourth-order valence-electron chi connectivity index (χ4n) is 4.37. The van der Waals surface area contributed by atoms with Crippen LogP contribution in [0.15, 0.2) is 24.3 Å². The maximum absolute atomic E-state index is 15.1. The monoisotopic (exact) mass is 498 g/mol. The van der Waals surface area contributed by atoms with E-state index < -0.39 is 23.4 Å². The van der Waals surface area contributed by atoms with Crippen LogP contribution in [-0.4, -0.2) is 36.8 Å². The van der Waals surface area contributed by atoms with Gasteiger partial charge in [-0.2, -0.15) is 13.2 Å². The number of rotatable bonds is 7. The zero-order valence-electron chi connectivity index (χ0n) is 19.3. The third-order valence-corrected chi connectivity index (χ3v) is 6.54. The highest BCUT2D eigenvalue weighted by Gasteiger charge is 2.33. The van der Waals surface area contributed by atoms with Gasteiger partial charge in [-0.3, -0.25) is 4.79 Å². The van der Waals surface area contributed by atoms with Gasteiger partial charge in [0.05, 0.1) is 17.9 Å². The Morgan fingerprint density at radius 2 is 1.71 bits per heavy atom. The molecular weight excluding hydrogens is 471 g/mol. The molecule has 2 heterocycles. The smallest absolute Gasteiger partial charge is 0.416 e. The maximum Gasteiger partial charge on any atom is 0.416 e. The molecule has 4 rings (SSSR count). The number of hydrogen-bond acceptors (Lipinski definition) is 5. The molecule has 0 unspecified atom stereocenters. The van der Waals surface area contributed by atoms with Gasteiger partial charge in [0.15, 0.2) is 0 Å². The van der Waals surface area contributed by atoms with E-state index in [2.05, 4.69) is 4.98 Å². The van der Waals surface area contributed by atoms with Crippen molar-refractivity contribution in [2.24, 2.45) is 5.92 Å². The summed E-state index contributed by atoms with van der Waals surface area (Å²) in [5, 5.41) is 0. The molecular formula is C25H27F5N2O3. The molecule has 2 aromatic rings. The standard InChI is InChI=1S/C25H27F5N2O3/c1-15(33)34-10-7-16-5-8-32(9-6-16)24-20(26)11-17(12-21(24)27)22-13-18(25(28,29)30)14-23(31-22)35-19-3-2-4-19/h11-14,16,19H,2-10H2,1H3. The molecule has 190 valence electrons. The number of anilines is 1. The average molecular weight is 498 g/mol. The van der Waals surface area contributed by atoms with E-state index in [0.717, 1.165) is 43.5 Å². The number of piperidine rings is 1. The highest BCUT2D eigenvalue weighted by molar-refractivity contribution is 5.66. The Labute approximate surface area is 200 Å². The molecule has 0 N–H and O–H groups in total. The Kier molecular flexibility index (Phi) is 7.47. The fourth-order valence-corrected chi connectivity index (χ4v) is 4.37. The van der Waals surface area contributed by atoms with E-state index in [1.54, 1.807) is 4.90 Å². The van der Waals surface area contributed by atoms with Crippen LogP contribution in [0.25, 0.3) is 11.3 Å². The molecule has 1 aromatic carbocycles. The van der Waals surface area contributed by atoms with Crippen molar-refractivity contribution in [1.29, 1.82) is 0 Å². The molecule has 2 aliphatic rings. The number of benzene rings is 1. The van der Waals surface area contributed by atoms with Crippen molar-refractivity contribution in [2.75, 3.05) is 24.6 Å². The van der Waals surface area contributed by atoms with Crippen molar-refractivity contribution in [1.82, 2.24) is 4.98 Å². The summed E-state index contributed by atoms with van der Waals surface area (Å²) < 4.78 is 81.0. The first-order chi connectivity index (χ1) is 16.6. The Bertz CT molecular complexity index is 1040. The molecule has 0 atom stereocenters. The number of ether oxygens (including phenoxy) is 2. The Balaban J connectivity index is 1.52. The molecule has 1 aliphatic carbocycles. The molecule has 0 bridgehead atoms. The quantitative estimate of drug-likeness (QED) is 0.339. The second kappa shape index (κ2) is 10.4. The van der Waals surface area contributed by atoms with E-state index in [1.807, 2.05) is 0 Å². The van der Waals surface area contributed by atoms with E-state index in [1.165, 1.54) is 6.92 Å². The number of esters is 1. The van der Waals surface area contributed by atoms with Gasteiger partial charge in [-0.15, -0.1) is 0 Å². The normalized spacial score (nSPS) is 17.3. The van der Waals surface area contributed by atoms with Gasteiger partial charge in [0.1, 0.15) is 23.4 Å². The average Bonchev–Trinajstić information content (AvgIpc) is 2.76. The summed E-state index contributed by atoms with van der Waals surface area (Å²) in [5.41, 5.74) is -1.49. The third-order valence-electron chi connectivity index (χ3n) is 6.54. The molecule has 10 heteroatoms. The first-order valence-electron chi connectivity index (χ1n) is 11.7. The van der Waals surface area contributed by atoms with E-state index in [9.17, 15) is 18.0 Å². The van der Waals surface area contributed by atoms with Crippen molar-refractivity contribution < 1.29 is 36.2 Å². The summed E-state index contributed by atoms with van der Waals surface area (Å²) in [5.74, 6) is -2.00. The van der Waals surface area contributed by atoms with E-state index in [4.69, 9.17) is 9.47 Å². The molecule has 0 radical (unpaired) electrons. The summed E-state index contributed by atoms with van der Waals surface area (Å²) in [6.45, 7) is 2.49. The first kappa shape index (κ1) is 25.2. The third kappa shape index (κ3) is 6.21. The number of aromatic nitrogens is 1. The van der Waals surface area contributed by atoms with Crippen molar-refractivity contribution in [3.8, 4) is 17.1 Å². The van der Waals surface area contributed by atoms with Crippen LogP contribution in [0.3, 0.4) is 0 Å². The number of carbonyl (C=O) groups is 1. The Morgan fingerprint density at radius 1 is 1.06 bits per heavy atom. The van der Waals surface area contributed by atoms with Crippen LogP contribution >= 0.6 is 0 Å². The molecule has 35 heavy (non-hydrogen) atoms. The van der Waals surface area contributed by atoms with Crippen LogP contribution in [0.5, 0.6) is 5.88 Å². The predicted octanol–water partition coefficient (Wildman–Crippen LogP) is 6.15. The van der Waals surface area contributed by atoms with Crippen molar-refractivity contribution in [2.45, 2.75) is 57.7 Å². The fraction of sp³-hybridized carbons (Fsp3) is 0.520. The second-order valence-electron chi connectivity index (χ2n) is 9.10. The largest absolute Gasteiger partial charge is 0.474 e. The van der Waals surface area contributed by atoms with Gasteiger partial charge < -0.3 is 14.4 Å². The van der Waals surface area contributed by atoms with E-state index in [-0.39, 0.29) is 40.8 Å². The predicted molar refractivity (Wildman–Crippen MR) is 119 cm³/mol. The van der Waals surface area contributed by atoms with Gasteiger partial charge in [0, 0.05) is 31.6 Å². The van der Waals surface area contributed by atoms with Gasteiger partial charge in [-0.1, -0.05) is 0 Å². The highest BCUT2D eigenvalue weighted by atomic mass is 19.4. The zero-order chi connectivity index (χ0) is 25.2. The molecule has 0 spiro atoms. The summed E-state index contributed by atoms with van der Waals surface area (Å²) in [6, 6.07) is 3.62. The highest BCUT2D eigenvalue weighted by Crippen LogP contribution is 2.37. The van der Waals surface area contributed by atoms with Gasteiger partial charge >= 0.3 is 12.1 Å². The number of halogens is 5. The van der Waals surface area contributed by atoms with Crippen LogP contribution in [0.1, 0.15) is 51.0 Å². The number of alkyl halides is 3. The molecule has 0 amide bonds. The Morgan fingerprint density at radius 3 is 2.26 bits per heavy atom. The van der Waals surface area contributed by atoms with Crippen molar-refractivity contribution in [3.05, 3.63) is 41.5 Å². The molecule has 1 aromatic heterocycles. The number of nitrogens with zero attached hydrogens (tertiary/aromatic N) is 2. The van der Waals surface area contributed by atoms with E-state index in [0.29, 0.717) is 39.0 Å². The molecule has 1 aliphatic heterocycles. The molecule has 1 saturated heterocycles. The lowest BCUT2D eigenvalue weighted by atomic mass is 9.93. The van der Waals surface area contributed by atoms with Crippen LogP contribution in [0.4, 0.5) is 27.6 Å². The zero-order valence-corrected chi connectivity index (χ0v) is 19.3. The van der Waals surface area contributed by atoms with Crippen LogP contribution in [0.2, 0.25) is 0 Å². The Hall–Kier alpha value is -2.91. The lowest BCUT2D eigenvalue weighted by Crippen LogP contribution is -2.35. The maximum atomic E-state index is 15.1. The lowest BCUT2D eigenvalue weighted by Gasteiger charge is -2.34. The van der Waals surface area contributed by atoms with Crippen LogP contribution < -0.4 is 9.64 Å². The van der Waals surface area contributed by atoms with Gasteiger partial charge in [0.25, 0.3) is 0 Å². The summed E-state index contributed by atoms with van der Waals surface area (Å²) in [6.07, 6.45) is -0.435. The summed E-state index contributed by atoms with van der Waals surface area (Å²) in [7, 11) is 0. The minimum atomic E-state index is -4.66. The number of carbonyl (C=O) groups excluding carboxylic acids is 1. The molecule has 5 nitrogen and oxygen atoms in total. The molecule has 1 saturated carbocycles.